The third-order valence-corrected chi connectivity index (χ3v) is 4.70. The minimum atomic E-state index is 0.305. The average molecular weight is 327 g/mol. The Balaban J connectivity index is 2.36. The van der Waals surface area contributed by atoms with Crippen molar-refractivity contribution in [1.29, 1.82) is 0 Å². The van der Waals surface area contributed by atoms with E-state index in [-0.39, 0.29) is 0 Å². The van der Waals surface area contributed by atoms with Crippen LogP contribution < -0.4 is 0 Å². The van der Waals surface area contributed by atoms with Gasteiger partial charge in [-0.3, -0.25) is 0 Å². The highest BCUT2D eigenvalue weighted by Crippen LogP contribution is 2.39. The van der Waals surface area contributed by atoms with E-state index in [0.717, 1.165) is 24.9 Å². The summed E-state index contributed by atoms with van der Waals surface area (Å²) in [7, 11) is 4.02. The number of hydrogen-bond donors (Lipinski definition) is 2. The van der Waals surface area contributed by atoms with Crippen LogP contribution in [0.4, 0.5) is 0 Å². The molecular formula is C21H29NO2. The minimum Gasteiger partial charge on any atom is -0.508 e. The summed E-state index contributed by atoms with van der Waals surface area (Å²) in [6.07, 6.45) is 2.07. The van der Waals surface area contributed by atoms with E-state index in [1.54, 1.807) is 12.1 Å². The second-order valence-electron chi connectivity index (χ2n) is 6.75. The van der Waals surface area contributed by atoms with E-state index in [0.29, 0.717) is 23.3 Å². The van der Waals surface area contributed by atoms with Gasteiger partial charge >= 0.3 is 0 Å². The maximum atomic E-state index is 10.1. The first-order valence-electron chi connectivity index (χ1n) is 8.71. The summed E-state index contributed by atoms with van der Waals surface area (Å²) < 4.78 is 0. The Hall–Kier alpha value is -2.00. The third kappa shape index (κ3) is 4.30. The van der Waals surface area contributed by atoms with Gasteiger partial charge in [-0.25, -0.2) is 0 Å². The molecular weight excluding hydrogens is 298 g/mol. The quantitative estimate of drug-likeness (QED) is 0.764. The van der Waals surface area contributed by atoms with Crippen molar-refractivity contribution in [3.8, 4) is 11.5 Å². The predicted octanol–water partition coefficient (Wildman–Crippen LogP) is 4.85. The maximum absolute atomic E-state index is 10.1. The van der Waals surface area contributed by atoms with Gasteiger partial charge in [0.25, 0.3) is 0 Å². The molecule has 2 atom stereocenters. The van der Waals surface area contributed by atoms with E-state index in [2.05, 4.69) is 24.8 Å². The molecule has 0 aliphatic heterocycles. The highest BCUT2D eigenvalue weighted by Gasteiger charge is 2.23. The molecule has 3 heteroatoms. The van der Waals surface area contributed by atoms with Crippen LogP contribution in [0.25, 0.3) is 0 Å². The molecule has 0 radical (unpaired) electrons. The second kappa shape index (κ2) is 8.20. The molecule has 2 N–H and O–H groups in total. The van der Waals surface area contributed by atoms with Gasteiger partial charge in [-0.1, -0.05) is 38.1 Å². The Kier molecular flexibility index (Phi) is 6.27. The van der Waals surface area contributed by atoms with E-state index in [1.165, 1.54) is 11.1 Å². The highest BCUT2D eigenvalue weighted by atomic mass is 16.3. The number of phenolic OH excluding ortho intramolecular Hbond substituents is 2. The molecule has 0 saturated carbocycles. The summed E-state index contributed by atoms with van der Waals surface area (Å²) in [6, 6.07) is 13.6. The van der Waals surface area contributed by atoms with Crippen LogP contribution in [0.15, 0.2) is 42.5 Å². The summed E-state index contributed by atoms with van der Waals surface area (Å²) in [4.78, 5) is 2.07. The van der Waals surface area contributed by atoms with E-state index in [1.807, 2.05) is 38.4 Å². The Morgan fingerprint density at radius 3 is 1.92 bits per heavy atom. The first-order chi connectivity index (χ1) is 11.5. The van der Waals surface area contributed by atoms with Gasteiger partial charge in [-0.15, -0.1) is 0 Å². The lowest BCUT2D eigenvalue weighted by molar-refractivity contribution is 0.385. The van der Waals surface area contributed by atoms with Crippen molar-refractivity contribution in [2.24, 2.45) is 0 Å². The molecule has 2 rings (SSSR count). The van der Waals surface area contributed by atoms with Gasteiger partial charge in [-0.2, -0.15) is 0 Å². The summed E-state index contributed by atoms with van der Waals surface area (Å²) >= 11 is 0. The topological polar surface area (TPSA) is 43.7 Å². The molecule has 0 amide bonds. The smallest absolute Gasteiger partial charge is 0.120 e. The van der Waals surface area contributed by atoms with Crippen molar-refractivity contribution in [1.82, 2.24) is 4.90 Å². The zero-order valence-electron chi connectivity index (χ0n) is 15.2. The molecule has 2 aromatic rings. The summed E-state index contributed by atoms with van der Waals surface area (Å²) in [5.41, 5.74) is 3.49. The zero-order valence-corrected chi connectivity index (χ0v) is 15.2. The Morgan fingerprint density at radius 2 is 1.38 bits per heavy atom. The molecule has 2 aromatic carbocycles. The summed E-state index contributed by atoms with van der Waals surface area (Å²) in [5.74, 6) is 1.45. The molecule has 3 nitrogen and oxygen atoms in total. The minimum absolute atomic E-state index is 0.305. The van der Waals surface area contributed by atoms with Crippen molar-refractivity contribution >= 4 is 0 Å². The fourth-order valence-corrected chi connectivity index (χ4v) is 3.53. The van der Waals surface area contributed by atoms with Crippen LogP contribution in [0.3, 0.4) is 0 Å². The molecule has 130 valence electrons. The van der Waals surface area contributed by atoms with Crippen LogP contribution in [0.5, 0.6) is 11.5 Å². The van der Waals surface area contributed by atoms with Crippen LogP contribution in [0, 0.1) is 0 Å². The fraction of sp³-hybridized carbons (Fsp3) is 0.429. The molecule has 0 heterocycles. The first-order valence-corrected chi connectivity index (χ1v) is 8.71. The number of benzene rings is 2. The SMILES string of the molecule is CC[C@H](c1ccc(O)c(CN(C)C)c1)[C@@H](CC)c1ccc(O)cc1. The first kappa shape index (κ1) is 18.3. The van der Waals surface area contributed by atoms with Crippen LogP contribution in [-0.2, 0) is 6.54 Å². The van der Waals surface area contributed by atoms with Gasteiger partial charge < -0.3 is 15.1 Å². The fourth-order valence-electron chi connectivity index (χ4n) is 3.53. The van der Waals surface area contributed by atoms with Gasteiger partial charge in [0, 0.05) is 12.1 Å². The van der Waals surface area contributed by atoms with Crippen molar-refractivity contribution in [3.05, 3.63) is 59.2 Å². The van der Waals surface area contributed by atoms with Gasteiger partial charge in [0.15, 0.2) is 0 Å². The van der Waals surface area contributed by atoms with Gasteiger partial charge in [-0.05, 0) is 68.1 Å². The number of aromatic hydroxyl groups is 2. The van der Waals surface area contributed by atoms with Crippen molar-refractivity contribution in [3.63, 3.8) is 0 Å². The number of phenols is 2. The van der Waals surface area contributed by atoms with Crippen molar-refractivity contribution < 1.29 is 10.2 Å². The summed E-state index contributed by atoms with van der Waals surface area (Å²) in [5, 5.41) is 19.7. The lowest BCUT2D eigenvalue weighted by Crippen LogP contribution is -2.13. The Labute approximate surface area is 145 Å². The molecule has 0 spiro atoms. The van der Waals surface area contributed by atoms with Gasteiger partial charge in [0.2, 0.25) is 0 Å². The third-order valence-electron chi connectivity index (χ3n) is 4.70. The van der Waals surface area contributed by atoms with E-state index >= 15 is 0 Å². The van der Waals surface area contributed by atoms with E-state index in [4.69, 9.17) is 0 Å². The van der Waals surface area contributed by atoms with E-state index < -0.39 is 0 Å². The molecule has 0 aliphatic rings. The van der Waals surface area contributed by atoms with Crippen molar-refractivity contribution in [2.75, 3.05) is 14.1 Å². The van der Waals surface area contributed by atoms with Gasteiger partial charge in [0.1, 0.15) is 11.5 Å². The van der Waals surface area contributed by atoms with Crippen LogP contribution in [0.1, 0.15) is 55.2 Å². The number of nitrogens with zero attached hydrogens (tertiary/aromatic N) is 1. The van der Waals surface area contributed by atoms with Gasteiger partial charge in [0.05, 0.1) is 0 Å². The zero-order chi connectivity index (χ0) is 17.7. The molecule has 0 aliphatic carbocycles. The van der Waals surface area contributed by atoms with Crippen LogP contribution >= 0.6 is 0 Å². The Morgan fingerprint density at radius 1 is 0.833 bits per heavy atom. The highest BCUT2D eigenvalue weighted by molar-refractivity contribution is 5.39. The van der Waals surface area contributed by atoms with E-state index in [9.17, 15) is 10.2 Å². The molecule has 0 bridgehead atoms. The standard InChI is InChI=1S/C21H29NO2/c1-5-19(15-7-10-18(23)11-8-15)20(6-2)16-9-12-21(24)17(13-16)14-22(3)4/h7-13,19-20,23-24H,5-6,14H2,1-4H3/t19-,20+/m0/s1. The molecule has 0 aromatic heterocycles. The maximum Gasteiger partial charge on any atom is 0.120 e. The van der Waals surface area contributed by atoms with Crippen molar-refractivity contribution in [2.45, 2.75) is 45.1 Å². The Bertz CT molecular complexity index is 649. The monoisotopic (exact) mass is 327 g/mol. The molecule has 0 unspecified atom stereocenters. The molecule has 24 heavy (non-hydrogen) atoms. The largest absolute Gasteiger partial charge is 0.508 e. The molecule has 0 fully saturated rings. The number of rotatable bonds is 7. The normalized spacial score (nSPS) is 13.9. The lowest BCUT2D eigenvalue weighted by Gasteiger charge is -2.27. The second-order valence-corrected chi connectivity index (χ2v) is 6.75. The average Bonchev–Trinajstić information content (AvgIpc) is 2.55. The van der Waals surface area contributed by atoms with Crippen LogP contribution in [-0.4, -0.2) is 29.2 Å². The number of hydrogen-bond acceptors (Lipinski definition) is 3. The summed E-state index contributed by atoms with van der Waals surface area (Å²) in [6.45, 7) is 5.15. The van der Waals surface area contributed by atoms with Crippen LogP contribution in [0.2, 0.25) is 0 Å². The predicted molar refractivity (Wildman–Crippen MR) is 99.7 cm³/mol. The lowest BCUT2D eigenvalue weighted by atomic mass is 9.78. The molecule has 0 saturated heterocycles.